The first-order chi connectivity index (χ1) is 13.2. The maximum Gasteiger partial charge on any atom is 0.224 e. The molecule has 4 nitrogen and oxygen atoms in total. The highest BCUT2D eigenvalue weighted by molar-refractivity contribution is 7.99. The van der Waals surface area contributed by atoms with Gasteiger partial charge in [0.25, 0.3) is 0 Å². The number of nitrogens with one attached hydrogen (secondary N) is 2. The molecule has 1 saturated heterocycles. The van der Waals surface area contributed by atoms with E-state index in [9.17, 15) is 4.79 Å². The number of hydrogen-bond donors (Lipinski definition) is 2. The van der Waals surface area contributed by atoms with Crippen molar-refractivity contribution in [2.24, 2.45) is 5.92 Å². The van der Waals surface area contributed by atoms with Gasteiger partial charge in [0, 0.05) is 17.2 Å². The van der Waals surface area contributed by atoms with Gasteiger partial charge in [-0.25, -0.2) is 0 Å². The van der Waals surface area contributed by atoms with E-state index < -0.39 is 0 Å². The van der Waals surface area contributed by atoms with Crippen molar-refractivity contribution in [3.05, 3.63) is 59.7 Å². The van der Waals surface area contributed by atoms with Crippen molar-refractivity contribution < 1.29 is 9.53 Å². The summed E-state index contributed by atoms with van der Waals surface area (Å²) in [5.74, 6) is 2.55. The Bertz CT molecular complexity index is 716. The minimum Gasteiger partial charge on any atom is -0.497 e. The number of hydrogen-bond acceptors (Lipinski definition) is 4. The van der Waals surface area contributed by atoms with E-state index in [0.29, 0.717) is 13.0 Å². The third kappa shape index (κ3) is 7.38. The van der Waals surface area contributed by atoms with Crippen LogP contribution in [0.3, 0.4) is 0 Å². The average molecular weight is 421 g/mol. The number of ether oxygens (including phenoxy) is 1. The maximum absolute atomic E-state index is 12.1. The molecule has 1 unspecified atom stereocenters. The highest BCUT2D eigenvalue weighted by atomic mass is 35.5. The van der Waals surface area contributed by atoms with E-state index >= 15 is 0 Å². The summed E-state index contributed by atoms with van der Waals surface area (Å²) in [4.78, 5) is 13.3. The van der Waals surface area contributed by atoms with E-state index in [1.807, 2.05) is 24.3 Å². The number of carbonyl (C=O) groups is 1. The van der Waals surface area contributed by atoms with Crippen molar-refractivity contribution >= 4 is 30.1 Å². The smallest absolute Gasteiger partial charge is 0.224 e. The van der Waals surface area contributed by atoms with Crippen LogP contribution >= 0.6 is 24.2 Å². The second kappa shape index (κ2) is 12.0. The van der Waals surface area contributed by atoms with Crippen LogP contribution in [0.25, 0.3) is 0 Å². The van der Waals surface area contributed by atoms with Crippen molar-refractivity contribution in [3.8, 4) is 5.75 Å². The fraction of sp³-hybridized carbons (Fsp3) is 0.409. The average Bonchev–Trinajstić information content (AvgIpc) is 3.20. The summed E-state index contributed by atoms with van der Waals surface area (Å²) >= 11 is 1.73. The molecule has 0 aliphatic carbocycles. The zero-order valence-electron chi connectivity index (χ0n) is 16.3. The largest absolute Gasteiger partial charge is 0.497 e. The van der Waals surface area contributed by atoms with E-state index in [1.54, 1.807) is 18.9 Å². The topological polar surface area (TPSA) is 50.4 Å². The number of rotatable bonds is 9. The molecule has 0 radical (unpaired) electrons. The van der Waals surface area contributed by atoms with Crippen molar-refractivity contribution in [1.82, 2.24) is 10.6 Å². The summed E-state index contributed by atoms with van der Waals surface area (Å²) in [7, 11) is 1.67. The summed E-state index contributed by atoms with van der Waals surface area (Å²) < 4.78 is 5.15. The van der Waals surface area contributed by atoms with Gasteiger partial charge < -0.3 is 15.4 Å². The van der Waals surface area contributed by atoms with E-state index in [1.165, 1.54) is 16.9 Å². The first kappa shape index (κ1) is 22.6. The van der Waals surface area contributed by atoms with Crippen molar-refractivity contribution in [1.29, 1.82) is 0 Å². The van der Waals surface area contributed by atoms with Crippen LogP contribution < -0.4 is 15.4 Å². The third-order valence-corrected chi connectivity index (χ3v) is 5.84. The number of thioether (sulfide) groups is 1. The molecule has 1 aliphatic heterocycles. The Kier molecular flexibility index (Phi) is 9.68. The summed E-state index contributed by atoms with van der Waals surface area (Å²) in [5, 5.41) is 6.41. The van der Waals surface area contributed by atoms with Gasteiger partial charge in [-0.2, -0.15) is 0 Å². The van der Waals surface area contributed by atoms with Crippen LogP contribution in [-0.4, -0.2) is 38.4 Å². The summed E-state index contributed by atoms with van der Waals surface area (Å²) in [6, 6.07) is 16.5. The molecule has 0 saturated carbocycles. The van der Waals surface area contributed by atoms with Gasteiger partial charge in [-0.05, 0) is 67.2 Å². The summed E-state index contributed by atoms with van der Waals surface area (Å²) in [5.41, 5.74) is 2.44. The monoisotopic (exact) mass is 420 g/mol. The van der Waals surface area contributed by atoms with E-state index in [2.05, 4.69) is 34.9 Å². The molecular weight excluding hydrogens is 392 g/mol. The Hall–Kier alpha value is -1.69. The number of halogens is 1. The fourth-order valence-electron chi connectivity index (χ4n) is 3.29. The van der Waals surface area contributed by atoms with Crippen LogP contribution in [0.4, 0.5) is 0 Å². The number of carbonyl (C=O) groups excluding carboxylic acids is 1. The minimum absolute atomic E-state index is 0. The standard InChI is InChI=1S/C22H28N2O2S.ClH/c1-26-20-6-8-21(9-7-20)27-13-12-24-22(25)15-18-4-2-17(3-5-18)14-19-10-11-23-16-19;/h2-9,19,23H,10-16H2,1H3,(H,24,25);1H. The van der Waals surface area contributed by atoms with Gasteiger partial charge in [-0.3, -0.25) is 4.79 Å². The molecule has 1 aliphatic rings. The minimum atomic E-state index is 0. The van der Waals surface area contributed by atoms with E-state index in [-0.39, 0.29) is 18.3 Å². The SMILES string of the molecule is COc1ccc(SCCNC(=O)Cc2ccc(CC3CCNC3)cc2)cc1.Cl. The Morgan fingerprint density at radius 1 is 1.14 bits per heavy atom. The zero-order valence-corrected chi connectivity index (χ0v) is 17.9. The van der Waals surface area contributed by atoms with Crippen LogP contribution in [0.5, 0.6) is 5.75 Å². The van der Waals surface area contributed by atoms with Gasteiger partial charge in [0.2, 0.25) is 5.91 Å². The predicted octanol–water partition coefficient (Wildman–Crippen LogP) is 3.72. The molecule has 1 amide bonds. The molecule has 28 heavy (non-hydrogen) atoms. The fourth-order valence-corrected chi connectivity index (χ4v) is 4.06. The van der Waals surface area contributed by atoms with E-state index in [4.69, 9.17) is 4.74 Å². The molecule has 152 valence electrons. The third-order valence-electron chi connectivity index (χ3n) is 4.83. The number of methoxy groups -OCH3 is 1. The molecule has 1 fully saturated rings. The van der Waals surface area contributed by atoms with Crippen molar-refractivity contribution in [3.63, 3.8) is 0 Å². The summed E-state index contributed by atoms with van der Waals surface area (Å²) in [6.45, 7) is 2.93. The van der Waals surface area contributed by atoms with Crippen LogP contribution in [-0.2, 0) is 17.6 Å². The molecule has 0 spiro atoms. The van der Waals surface area contributed by atoms with E-state index in [0.717, 1.165) is 42.5 Å². The maximum atomic E-state index is 12.1. The van der Waals surface area contributed by atoms with Gasteiger partial charge in [0.15, 0.2) is 0 Å². The lowest BCUT2D eigenvalue weighted by Crippen LogP contribution is -2.27. The van der Waals surface area contributed by atoms with Crippen LogP contribution in [0.2, 0.25) is 0 Å². The highest BCUT2D eigenvalue weighted by Crippen LogP contribution is 2.20. The molecule has 0 bridgehead atoms. The Balaban J connectivity index is 0.00000280. The molecule has 0 aromatic heterocycles. The van der Waals surface area contributed by atoms with Crippen LogP contribution in [0.15, 0.2) is 53.4 Å². The molecule has 6 heteroatoms. The van der Waals surface area contributed by atoms with Gasteiger partial charge in [-0.15, -0.1) is 24.2 Å². The quantitative estimate of drug-likeness (QED) is 0.479. The summed E-state index contributed by atoms with van der Waals surface area (Å²) in [6.07, 6.45) is 2.83. The molecule has 1 atom stereocenters. The molecule has 2 N–H and O–H groups in total. The molecule has 1 heterocycles. The zero-order chi connectivity index (χ0) is 18.9. The lowest BCUT2D eigenvalue weighted by atomic mass is 9.97. The molecule has 2 aromatic carbocycles. The van der Waals surface area contributed by atoms with Crippen molar-refractivity contribution in [2.45, 2.75) is 24.2 Å². The van der Waals surface area contributed by atoms with Gasteiger partial charge >= 0.3 is 0 Å². The highest BCUT2D eigenvalue weighted by Gasteiger charge is 2.14. The lowest BCUT2D eigenvalue weighted by Gasteiger charge is -2.09. The van der Waals surface area contributed by atoms with Gasteiger partial charge in [-0.1, -0.05) is 24.3 Å². The lowest BCUT2D eigenvalue weighted by molar-refractivity contribution is -0.120. The Labute approximate surface area is 178 Å². The molecular formula is C22H29ClN2O2S. The number of amides is 1. The van der Waals surface area contributed by atoms with Gasteiger partial charge in [0.1, 0.15) is 5.75 Å². The number of benzene rings is 2. The Morgan fingerprint density at radius 2 is 1.86 bits per heavy atom. The molecule has 3 rings (SSSR count). The first-order valence-electron chi connectivity index (χ1n) is 9.55. The van der Waals surface area contributed by atoms with Crippen LogP contribution in [0, 0.1) is 5.92 Å². The van der Waals surface area contributed by atoms with Crippen LogP contribution in [0.1, 0.15) is 17.5 Å². The predicted molar refractivity (Wildman–Crippen MR) is 119 cm³/mol. The first-order valence-corrected chi connectivity index (χ1v) is 10.5. The Morgan fingerprint density at radius 3 is 2.50 bits per heavy atom. The van der Waals surface area contributed by atoms with Crippen molar-refractivity contribution in [2.75, 3.05) is 32.5 Å². The van der Waals surface area contributed by atoms with Gasteiger partial charge in [0.05, 0.1) is 13.5 Å². The second-order valence-corrected chi connectivity index (χ2v) is 8.10. The molecule has 2 aromatic rings. The normalized spacial score (nSPS) is 15.7. The second-order valence-electron chi connectivity index (χ2n) is 6.93.